The SMILES string of the molecule is Cc1c(N)nc(C2CC2)nc1-c1ccccc1Br. The molecule has 0 spiro atoms. The summed E-state index contributed by atoms with van der Waals surface area (Å²) >= 11 is 3.57. The average Bonchev–Trinajstić information content (AvgIpc) is 3.18. The molecule has 3 nitrogen and oxygen atoms in total. The van der Waals surface area contributed by atoms with Crippen molar-refractivity contribution in [2.24, 2.45) is 0 Å². The van der Waals surface area contributed by atoms with E-state index in [0.717, 1.165) is 27.1 Å². The van der Waals surface area contributed by atoms with Crippen molar-refractivity contribution in [1.82, 2.24) is 9.97 Å². The zero-order valence-electron chi connectivity index (χ0n) is 10.2. The Morgan fingerprint density at radius 1 is 1.22 bits per heavy atom. The lowest BCUT2D eigenvalue weighted by molar-refractivity contribution is 0.927. The molecule has 0 bridgehead atoms. The van der Waals surface area contributed by atoms with E-state index in [-0.39, 0.29) is 0 Å². The fourth-order valence-corrected chi connectivity index (χ4v) is 2.46. The zero-order chi connectivity index (χ0) is 12.7. The number of hydrogen-bond acceptors (Lipinski definition) is 3. The second-order valence-corrected chi connectivity index (χ2v) is 5.55. The Kier molecular flexibility index (Phi) is 2.82. The van der Waals surface area contributed by atoms with Gasteiger partial charge in [0.25, 0.3) is 0 Å². The van der Waals surface area contributed by atoms with Gasteiger partial charge in [-0.25, -0.2) is 9.97 Å². The van der Waals surface area contributed by atoms with E-state index in [4.69, 9.17) is 10.7 Å². The highest BCUT2D eigenvalue weighted by molar-refractivity contribution is 9.10. The highest BCUT2D eigenvalue weighted by Crippen LogP contribution is 2.40. The fraction of sp³-hybridized carbons (Fsp3) is 0.286. The molecular formula is C14H14BrN3. The first-order chi connectivity index (χ1) is 8.66. The van der Waals surface area contributed by atoms with Crippen LogP contribution in [0.25, 0.3) is 11.3 Å². The van der Waals surface area contributed by atoms with Crippen molar-refractivity contribution in [1.29, 1.82) is 0 Å². The summed E-state index contributed by atoms with van der Waals surface area (Å²) in [6.07, 6.45) is 2.36. The molecule has 1 aliphatic rings. The van der Waals surface area contributed by atoms with Gasteiger partial charge in [-0.05, 0) is 25.8 Å². The van der Waals surface area contributed by atoms with E-state index in [1.165, 1.54) is 12.8 Å². The van der Waals surface area contributed by atoms with Crippen LogP contribution in [0.1, 0.15) is 30.1 Å². The molecular weight excluding hydrogens is 290 g/mol. The summed E-state index contributed by atoms with van der Waals surface area (Å²) in [5.41, 5.74) is 8.97. The minimum atomic E-state index is 0.508. The Morgan fingerprint density at radius 2 is 1.94 bits per heavy atom. The van der Waals surface area contributed by atoms with Gasteiger partial charge in [-0.2, -0.15) is 0 Å². The van der Waals surface area contributed by atoms with Crippen LogP contribution in [-0.4, -0.2) is 9.97 Å². The summed E-state index contributed by atoms with van der Waals surface area (Å²) in [6, 6.07) is 8.07. The van der Waals surface area contributed by atoms with E-state index >= 15 is 0 Å². The summed E-state index contributed by atoms with van der Waals surface area (Å²) in [7, 11) is 0. The molecule has 92 valence electrons. The number of nitrogens with two attached hydrogens (primary N) is 1. The van der Waals surface area contributed by atoms with Crippen molar-refractivity contribution in [2.75, 3.05) is 5.73 Å². The van der Waals surface area contributed by atoms with Gasteiger partial charge < -0.3 is 5.73 Å². The fourth-order valence-electron chi connectivity index (χ4n) is 1.99. The summed E-state index contributed by atoms with van der Waals surface area (Å²) < 4.78 is 1.04. The summed E-state index contributed by atoms with van der Waals surface area (Å²) in [5, 5.41) is 0. The van der Waals surface area contributed by atoms with Crippen LogP contribution in [0.4, 0.5) is 5.82 Å². The third-order valence-corrected chi connectivity index (χ3v) is 3.96. The average molecular weight is 304 g/mol. The molecule has 0 amide bonds. The number of nitrogen functional groups attached to an aromatic ring is 1. The molecule has 0 saturated heterocycles. The van der Waals surface area contributed by atoms with E-state index in [1.54, 1.807) is 0 Å². The lowest BCUT2D eigenvalue weighted by atomic mass is 10.1. The minimum Gasteiger partial charge on any atom is -0.383 e. The molecule has 1 aliphatic carbocycles. The first-order valence-electron chi connectivity index (χ1n) is 6.05. The molecule has 2 aromatic rings. The summed E-state index contributed by atoms with van der Waals surface area (Å²) in [5.74, 6) is 2.00. The van der Waals surface area contributed by atoms with Gasteiger partial charge in [0.15, 0.2) is 0 Å². The van der Waals surface area contributed by atoms with Gasteiger partial charge >= 0.3 is 0 Å². The Hall–Kier alpha value is -1.42. The van der Waals surface area contributed by atoms with Crippen molar-refractivity contribution in [3.8, 4) is 11.3 Å². The van der Waals surface area contributed by atoms with Gasteiger partial charge in [-0.15, -0.1) is 0 Å². The molecule has 0 atom stereocenters. The molecule has 0 aliphatic heterocycles. The highest BCUT2D eigenvalue weighted by Gasteiger charge is 2.28. The Morgan fingerprint density at radius 3 is 2.61 bits per heavy atom. The van der Waals surface area contributed by atoms with Crippen LogP contribution in [0.15, 0.2) is 28.7 Å². The number of benzene rings is 1. The van der Waals surface area contributed by atoms with Gasteiger partial charge in [0.2, 0.25) is 0 Å². The smallest absolute Gasteiger partial charge is 0.134 e. The normalized spacial score (nSPS) is 14.8. The van der Waals surface area contributed by atoms with Gasteiger partial charge in [0.1, 0.15) is 11.6 Å². The first kappa shape index (κ1) is 11.7. The van der Waals surface area contributed by atoms with Gasteiger partial charge in [0.05, 0.1) is 5.69 Å². The molecule has 0 radical (unpaired) electrons. The van der Waals surface area contributed by atoms with Crippen LogP contribution >= 0.6 is 15.9 Å². The van der Waals surface area contributed by atoms with Crippen LogP contribution in [-0.2, 0) is 0 Å². The van der Waals surface area contributed by atoms with E-state index in [2.05, 4.69) is 27.0 Å². The van der Waals surface area contributed by atoms with E-state index in [1.807, 2.05) is 25.1 Å². The number of anilines is 1. The molecule has 1 aromatic heterocycles. The van der Waals surface area contributed by atoms with Crippen molar-refractivity contribution in [3.63, 3.8) is 0 Å². The number of aromatic nitrogens is 2. The van der Waals surface area contributed by atoms with Crippen molar-refractivity contribution in [2.45, 2.75) is 25.7 Å². The van der Waals surface area contributed by atoms with Gasteiger partial charge in [0, 0.05) is 21.5 Å². The minimum absolute atomic E-state index is 0.508. The largest absolute Gasteiger partial charge is 0.383 e. The van der Waals surface area contributed by atoms with Crippen LogP contribution in [0.2, 0.25) is 0 Å². The number of rotatable bonds is 2. The predicted molar refractivity (Wildman–Crippen MR) is 76.3 cm³/mol. The van der Waals surface area contributed by atoms with Crippen molar-refractivity contribution >= 4 is 21.7 Å². The van der Waals surface area contributed by atoms with E-state index in [0.29, 0.717) is 11.7 Å². The summed E-state index contributed by atoms with van der Waals surface area (Å²) in [6.45, 7) is 1.97. The van der Waals surface area contributed by atoms with E-state index < -0.39 is 0 Å². The topological polar surface area (TPSA) is 51.8 Å². The Labute approximate surface area is 115 Å². The van der Waals surface area contributed by atoms with Crippen LogP contribution in [0.5, 0.6) is 0 Å². The molecule has 1 aromatic carbocycles. The van der Waals surface area contributed by atoms with Crippen LogP contribution < -0.4 is 5.73 Å². The second kappa shape index (κ2) is 4.35. The third-order valence-electron chi connectivity index (χ3n) is 3.27. The summed E-state index contributed by atoms with van der Waals surface area (Å²) in [4.78, 5) is 9.11. The lowest BCUT2D eigenvalue weighted by Crippen LogP contribution is -2.04. The molecule has 2 N–H and O–H groups in total. The Balaban J connectivity index is 2.18. The number of halogens is 1. The molecule has 3 rings (SSSR count). The maximum atomic E-state index is 6.01. The maximum Gasteiger partial charge on any atom is 0.134 e. The molecule has 4 heteroatoms. The van der Waals surface area contributed by atoms with Gasteiger partial charge in [-0.3, -0.25) is 0 Å². The highest BCUT2D eigenvalue weighted by atomic mass is 79.9. The van der Waals surface area contributed by atoms with Crippen molar-refractivity contribution < 1.29 is 0 Å². The molecule has 18 heavy (non-hydrogen) atoms. The van der Waals surface area contributed by atoms with Gasteiger partial charge in [-0.1, -0.05) is 34.1 Å². The monoisotopic (exact) mass is 303 g/mol. The molecule has 0 unspecified atom stereocenters. The maximum absolute atomic E-state index is 6.01. The number of hydrogen-bond donors (Lipinski definition) is 1. The Bertz CT molecular complexity index is 606. The molecule has 1 heterocycles. The number of nitrogens with zero attached hydrogens (tertiary/aromatic N) is 2. The molecule has 1 saturated carbocycles. The molecule has 1 fully saturated rings. The standard InChI is InChI=1S/C14H14BrN3/c1-8-12(10-4-2-3-5-11(10)15)17-14(9-6-7-9)18-13(8)16/h2-5,9H,6-7H2,1H3,(H2,16,17,18). The predicted octanol–water partition coefficient (Wildman–Crippen LogP) is 3.67. The quantitative estimate of drug-likeness (QED) is 0.921. The zero-order valence-corrected chi connectivity index (χ0v) is 11.7. The second-order valence-electron chi connectivity index (χ2n) is 4.69. The van der Waals surface area contributed by atoms with Crippen LogP contribution in [0, 0.1) is 6.92 Å². The van der Waals surface area contributed by atoms with E-state index in [9.17, 15) is 0 Å². The third kappa shape index (κ3) is 2.01. The van der Waals surface area contributed by atoms with Crippen LogP contribution in [0.3, 0.4) is 0 Å². The first-order valence-corrected chi connectivity index (χ1v) is 6.85. The lowest BCUT2D eigenvalue weighted by Gasteiger charge is -2.11. The van der Waals surface area contributed by atoms with Crippen molar-refractivity contribution in [3.05, 3.63) is 40.1 Å².